The van der Waals surface area contributed by atoms with Gasteiger partial charge in [-0.05, 0) is 43.7 Å². The highest BCUT2D eigenvalue weighted by atomic mass is 35.5. The number of anilines is 2. The Morgan fingerprint density at radius 1 is 1.26 bits per heavy atom. The van der Waals surface area contributed by atoms with E-state index in [9.17, 15) is 18.0 Å². The van der Waals surface area contributed by atoms with Crippen LogP contribution in [0.15, 0.2) is 47.4 Å². The fourth-order valence-corrected chi connectivity index (χ4v) is 4.64. The molecule has 0 radical (unpaired) electrons. The van der Waals surface area contributed by atoms with Gasteiger partial charge in [-0.3, -0.25) is 9.59 Å². The van der Waals surface area contributed by atoms with Gasteiger partial charge in [0.25, 0.3) is 0 Å². The lowest BCUT2D eigenvalue weighted by Crippen LogP contribution is -2.38. The SMILES string of the molecule is Cc1ccc(NC(=O)CN2C(=O)C[C@H](C)S(=O)(=O)c3ccccc32)cc1Cl. The van der Waals surface area contributed by atoms with Gasteiger partial charge >= 0.3 is 0 Å². The van der Waals surface area contributed by atoms with Crippen molar-refractivity contribution in [1.82, 2.24) is 0 Å². The van der Waals surface area contributed by atoms with E-state index in [4.69, 9.17) is 11.6 Å². The highest BCUT2D eigenvalue weighted by molar-refractivity contribution is 7.92. The number of nitrogens with one attached hydrogen (secondary N) is 1. The lowest BCUT2D eigenvalue weighted by Gasteiger charge is -2.22. The Morgan fingerprint density at radius 2 is 1.96 bits per heavy atom. The zero-order valence-corrected chi connectivity index (χ0v) is 16.5. The van der Waals surface area contributed by atoms with E-state index in [1.54, 1.807) is 36.4 Å². The summed E-state index contributed by atoms with van der Waals surface area (Å²) >= 11 is 6.07. The molecule has 1 aliphatic rings. The number of carbonyl (C=O) groups is 2. The van der Waals surface area contributed by atoms with Crippen molar-refractivity contribution in [2.24, 2.45) is 0 Å². The Morgan fingerprint density at radius 3 is 2.67 bits per heavy atom. The smallest absolute Gasteiger partial charge is 0.244 e. The fraction of sp³-hybridized carbons (Fsp3) is 0.263. The number of amides is 2. The Hall–Kier alpha value is -2.38. The molecule has 2 aromatic rings. The lowest BCUT2D eigenvalue weighted by atomic mass is 10.2. The van der Waals surface area contributed by atoms with E-state index in [1.165, 1.54) is 17.9 Å². The predicted octanol–water partition coefficient (Wildman–Crippen LogP) is 3.19. The highest BCUT2D eigenvalue weighted by Crippen LogP contribution is 2.33. The summed E-state index contributed by atoms with van der Waals surface area (Å²) < 4.78 is 25.3. The molecule has 0 aromatic heterocycles. The Bertz CT molecular complexity index is 1020. The van der Waals surface area contributed by atoms with Crippen LogP contribution in [0.3, 0.4) is 0 Å². The largest absolute Gasteiger partial charge is 0.324 e. The third kappa shape index (κ3) is 3.84. The Balaban J connectivity index is 1.89. The minimum atomic E-state index is -3.64. The number of hydrogen-bond donors (Lipinski definition) is 1. The summed E-state index contributed by atoms with van der Waals surface area (Å²) in [4.78, 5) is 26.4. The number of carbonyl (C=O) groups excluding carboxylic acids is 2. The summed E-state index contributed by atoms with van der Waals surface area (Å²) in [6, 6.07) is 11.4. The molecular weight excluding hydrogens is 388 g/mol. The van der Waals surface area contributed by atoms with Gasteiger partial charge in [-0.15, -0.1) is 0 Å². The van der Waals surface area contributed by atoms with Gasteiger partial charge in [0.15, 0.2) is 9.84 Å². The molecule has 3 rings (SSSR count). The van der Waals surface area contributed by atoms with Gasteiger partial charge in [-0.1, -0.05) is 29.8 Å². The molecule has 1 aliphatic heterocycles. The van der Waals surface area contributed by atoms with Crippen molar-refractivity contribution in [2.45, 2.75) is 30.4 Å². The second-order valence-electron chi connectivity index (χ2n) is 6.52. The summed E-state index contributed by atoms with van der Waals surface area (Å²) in [5.74, 6) is -0.849. The van der Waals surface area contributed by atoms with Crippen LogP contribution < -0.4 is 10.2 Å². The average molecular weight is 407 g/mol. The molecule has 0 saturated carbocycles. The normalized spacial score (nSPS) is 18.6. The van der Waals surface area contributed by atoms with Crippen LogP contribution in [-0.4, -0.2) is 32.0 Å². The first-order valence-electron chi connectivity index (χ1n) is 8.39. The summed E-state index contributed by atoms with van der Waals surface area (Å²) in [6.45, 7) is 3.06. The molecule has 8 heteroatoms. The molecule has 2 amide bonds. The minimum Gasteiger partial charge on any atom is -0.324 e. The van der Waals surface area contributed by atoms with Crippen LogP contribution in [0.5, 0.6) is 0 Å². The summed E-state index contributed by atoms with van der Waals surface area (Å²) in [7, 11) is -3.64. The molecule has 2 aromatic carbocycles. The number of hydrogen-bond acceptors (Lipinski definition) is 4. The summed E-state index contributed by atoms with van der Waals surface area (Å²) in [5, 5.41) is 2.36. The van der Waals surface area contributed by atoms with E-state index in [-0.39, 0.29) is 23.5 Å². The standard InChI is InChI=1S/C19H19ClN2O4S/c1-12-7-8-14(10-15(12)20)21-18(23)11-22-16-5-3-4-6-17(16)27(25,26)13(2)9-19(22)24/h3-8,10,13H,9,11H2,1-2H3,(H,21,23)/t13-/m0/s1. The minimum absolute atomic E-state index is 0.0644. The van der Waals surface area contributed by atoms with Gasteiger partial charge in [-0.25, -0.2) is 8.42 Å². The molecule has 0 spiro atoms. The molecule has 0 saturated heterocycles. The van der Waals surface area contributed by atoms with Crippen LogP contribution in [0, 0.1) is 6.92 Å². The number of aryl methyl sites for hydroxylation is 1. The average Bonchev–Trinajstić information content (AvgIpc) is 2.68. The van der Waals surface area contributed by atoms with E-state index in [0.29, 0.717) is 10.7 Å². The number of para-hydroxylation sites is 1. The maximum atomic E-state index is 12.7. The Kier molecular flexibility index (Phi) is 5.26. The quantitative estimate of drug-likeness (QED) is 0.848. The monoisotopic (exact) mass is 406 g/mol. The Labute approximate surface area is 163 Å². The first-order chi connectivity index (χ1) is 12.7. The molecule has 1 atom stereocenters. The fourth-order valence-electron chi connectivity index (χ4n) is 2.93. The zero-order chi connectivity index (χ0) is 19.8. The first kappa shape index (κ1) is 19.4. The number of halogens is 1. The van der Waals surface area contributed by atoms with Crippen molar-refractivity contribution in [3.05, 3.63) is 53.1 Å². The molecule has 0 aliphatic carbocycles. The molecule has 0 fully saturated rings. The second kappa shape index (κ2) is 7.32. The highest BCUT2D eigenvalue weighted by Gasteiger charge is 2.36. The number of nitrogens with zero attached hydrogens (tertiary/aromatic N) is 1. The van der Waals surface area contributed by atoms with Crippen molar-refractivity contribution in [1.29, 1.82) is 0 Å². The number of fused-ring (bicyclic) bond motifs is 1. The third-order valence-corrected chi connectivity index (χ3v) is 7.10. The predicted molar refractivity (Wildman–Crippen MR) is 105 cm³/mol. The van der Waals surface area contributed by atoms with Crippen LogP contribution in [0.25, 0.3) is 0 Å². The first-order valence-corrected chi connectivity index (χ1v) is 10.3. The molecular formula is C19H19ClN2O4S. The van der Waals surface area contributed by atoms with Crippen molar-refractivity contribution in [3.63, 3.8) is 0 Å². The van der Waals surface area contributed by atoms with E-state index in [0.717, 1.165) is 5.56 Å². The zero-order valence-electron chi connectivity index (χ0n) is 14.9. The van der Waals surface area contributed by atoms with Gasteiger partial charge < -0.3 is 10.2 Å². The maximum Gasteiger partial charge on any atom is 0.244 e. The van der Waals surface area contributed by atoms with Crippen molar-refractivity contribution >= 4 is 44.6 Å². The van der Waals surface area contributed by atoms with Gasteiger partial charge in [0.05, 0.1) is 15.8 Å². The van der Waals surface area contributed by atoms with Gasteiger partial charge in [0.2, 0.25) is 11.8 Å². The molecule has 0 bridgehead atoms. The summed E-state index contributed by atoms with van der Waals surface area (Å²) in [5.41, 5.74) is 1.61. The van der Waals surface area contributed by atoms with Crippen LogP contribution >= 0.6 is 11.6 Å². The van der Waals surface area contributed by atoms with Crippen LogP contribution in [0.1, 0.15) is 18.9 Å². The molecule has 0 unspecified atom stereocenters. The van der Waals surface area contributed by atoms with Crippen LogP contribution in [0.2, 0.25) is 5.02 Å². The molecule has 6 nitrogen and oxygen atoms in total. The van der Waals surface area contributed by atoms with E-state index >= 15 is 0 Å². The molecule has 1 heterocycles. The van der Waals surface area contributed by atoms with Crippen molar-refractivity contribution in [2.75, 3.05) is 16.8 Å². The van der Waals surface area contributed by atoms with Gasteiger partial charge in [-0.2, -0.15) is 0 Å². The van der Waals surface area contributed by atoms with Crippen LogP contribution in [0.4, 0.5) is 11.4 Å². The van der Waals surface area contributed by atoms with E-state index in [1.807, 2.05) is 6.92 Å². The molecule has 27 heavy (non-hydrogen) atoms. The van der Waals surface area contributed by atoms with Crippen molar-refractivity contribution in [3.8, 4) is 0 Å². The van der Waals surface area contributed by atoms with E-state index < -0.39 is 26.9 Å². The van der Waals surface area contributed by atoms with Crippen molar-refractivity contribution < 1.29 is 18.0 Å². The number of benzene rings is 2. The van der Waals surface area contributed by atoms with Crippen LogP contribution in [-0.2, 0) is 19.4 Å². The van der Waals surface area contributed by atoms with Gasteiger partial charge in [0.1, 0.15) is 6.54 Å². The third-order valence-electron chi connectivity index (χ3n) is 4.51. The van der Waals surface area contributed by atoms with Gasteiger partial charge in [0, 0.05) is 17.1 Å². The number of rotatable bonds is 3. The lowest BCUT2D eigenvalue weighted by molar-refractivity contribution is -0.121. The summed E-state index contributed by atoms with van der Waals surface area (Å²) in [6.07, 6.45) is -0.180. The molecule has 1 N–H and O–H groups in total. The number of sulfone groups is 1. The topological polar surface area (TPSA) is 83.6 Å². The second-order valence-corrected chi connectivity index (χ2v) is 9.26. The maximum absolute atomic E-state index is 12.7. The van der Waals surface area contributed by atoms with E-state index in [2.05, 4.69) is 5.32 Å². The molecule has 142 valence electrons.